The van der Waals surface area contributed by atoms with E-state index >= 15 is 0 Å². The molecule has 3 rings (SSSR count). The van der Waals surface area contributed by atoms with Gasteiger partial charge in [0.2, 0.25) is 0 Å². The third-order valence-electron chi connectivity index (χ3n) is 6.23. The minimum absolute atomic E-state index is 0.0120. The van der Waals surface area contributed by atoms with Crippen LogP contribution in [0.25, 0.3) is 0 Å². The third-order valence-corrected chi connectivity index (χ3v) is 8.95. The Balaban J connectivity index is 2.11. The third kappa shape index (κ3) is 2.57. The maximum atomic E-state index is 13.6. The second-order valence-corrected chi connectivity index (χ2v) is 9.48. The lowest BCUT2D eigenvalue weighted by Crippen LogP contribution is -2.55. The van der Waals surface area contributed by atoms with Crippen LogP contribution in [0.1, 0.15) is 65.7 Å². The SMILES string of the molecule is CCOP(=O)(OCC)C1(O)C2CCCC1C(C)C1=C2CCCC1. The highest BCUT2D eigenvalue weighted by Crippen LogP contribution is 2.72. The van der Waals surface area contributed by atoms with Crippen molar-refractivity contribution in [2.45, 2.75) is 71.1 Å². The highest BCUT2D eigenvalue weighted by atomic mass is 31.2. The molecule has 3 aliphatic rings. The van der Waals surface area contributed by atoms with Crippen molar-refractivity contribution in [2.24, 2.45) is 17.8 Å². The Morgan fingerprint density at radius 3 is 2.30 bits per heavy atom. The van der Waals surface area contributed by atoms with Crippen molar-refractivity contribution < 1.29 is 18.7 Å². The van der Waals surface area contributed by atoms with Crippen molar-refractivity contribution in [3.63, 3.8) is 0 Å². The van der Waals surface area contributed by atoms with E-state index in [1.807, 2.05) is 13.8 Å². The summed E-state index contributed by atoms with van der Waals surface area (Å²) in [5.74, 6) is 0.222. The van der Waals surface area contributed by atoms with Crippen LogP contribution in [0.3, 0.4) is 0 Å². The average Bonchev–Trinajstić information content (AvgIpc) is 2.53. The normalized spacial score (nSPS) is 37.7. The first-order valence-corrected chi connectivity index (χ1v) is 10.9. The van der Waals surface area contributed by atoms with E-state index in [4.69, 9.17) is 9.05 Å². The lowest BCUT2D eigenvalue weighted by Gasteiger charge is -2.55. The minimum Gasteiger partial charge on any atom is -0.377 e. The second kappa shape index (κ2) is 6.63. The van der Waals surface area contributed by atoms with Gasteiger partial charge in [-0.05, 0) is 58.3 Å². The summed E-state index contributed by atoms with van der Waals surface area (Å²) in [6, 6.07) is 0. The molecular formula is C18H31O4P. The lowest BCUT2D eigenvalue weighted by atomic mass is 9.59. The molecule has 1 saturated carbocycles. The van der Waals surface area contributed by atoms with Gasteiger partial charge in [0, 0.05) is 11.8 Å². The van der Waals surface area contributed by atoms with Gasteiger partial charge in [-0.15, -0.1) is 0 Å². The van der Waals surface area contributed by atoms with Crippen LogP contribution in [0.4, 0.5) is 0 Å². The Bertz CT molecular complexity index is 519. The summed E-state index contributed by atoms with van der Waals surface area (Å²) in [6.45, 7) is 6.46. The van der Waals surface area contributed by atoms with Crippen molar-refractivity contribution in [3.05, 3.63) is 11.1 Å². The Kier molecular flexibility index (Phi) is 5.09. The van der Waals surface area contributed by atoms with Crippen LogP contribution < -0.4 is 0 Å². The molecule has 3 aliphatic carbocycles. The van der Waals surface area contributed by atoms with Gasteiger partial charge in [0.25, 0.3) is 0 Å². The van der Waals surface area contributed by atoms with Gasteiger partial charge in [-0.1, -0.05) is 24.5 Å². The maximum Gasteiger partial charge on any atom is 0.362 e. The Labute approximate surface area is 140 Å². The standard InChI is InChI=1S/C18H31O4P/c1-4-21-23(20,22-5-2)18(19)16-11-8-12-17(18)15-10-7-6-9-14(15)13(16)3/h13,16-17,19H,4-12H2,1-3H3. The van der Waals surface area contributed by atoms with Crippen LogP contribution in [-0.4, -0.2) is 23.7 Å². The van der Waals surface area contributed by atoms with E-state index in [0.29, 0.717) is 13.2 Å². The molecule has 23 heavy (non-hydrogen) atoms. The molecular weight excluding hydrogens is 311 g/mol. The van der Waals surface area contributed by atoms with E-state index in [2.05, 4.69) is 6.92 Å². The molecule has 1 N–H and O–H groups in total. The highest BCUT2D eigenvalue weighted by molar-refractivity contribution is 7.55. The minimum atomic E-state index is -3.56. The molecule has 0 saturated heterocycles. The van der Waals surface area contributed by atoms with Crippen molar-refractivity contribution in [1.29, 1.82) is 0 Å². The first-order chi connectivity index (χ1) is 11.0. The Morgan fingerprint density at radius 2 is 1.70 bits per heavy atom. The summed E-state index contributed by atoms with van der Waals surface area (Å²) in [5, 5.41) is 10.5. The fraction of sp³-hybridized carbons (Fsp3) is 0.889. The summed E-state index contributed by atoms with van der Waals surface area (Å²) in [7, 11) is -3.56. The average molecular weight is 342 g/mol. The van der Waals surface area contributed by atoms with Crippen LogP contribution in [0, 0.1) is 17.8 Å². The number of hydrogen-bond donors (Lipinski definition) is 1. The molecule has 5 heteroatoms. The van der Waals surface area contributed by atoms with E-state index < -0.39 is 12.9 Å². The molecule has 0 amide bonds. The smallest absolute Gasteiger partial charge is 0.362 e. The zero-order valence-corrected chi connectivity index (χ0v) is 15.6. The maximum absolute atomic E-state index is 13.6. The lowest BCUT2D eigenvalue weighted by molar-refractivity contribution is -0.0651. The van der Waals surface area contributed by atoms with Crippen LogP contribution in [0.5, 0.6) is 0 Å². The van der Waals surface area contributed by atoms with E-state index in [-0.39, 0.29) is 17.8 Å². The van der Waals surface area contributed by atoms with Crippen molar-refractivity contribution in [3.8, 4) is 0 Å². The van der Waals surface area contributed by atoms with Crippen LogP contribution in [0.2, 0.25) is 0 Å². The number of rotatable bonds is 5. The van der Waals surface area contributed by atoms with Gasteiger partial charge in [-0.2, -0.15) is 0 Å². The van der Waals surface area contributed by atoms with E-state index in [0.717, 1.165) is 32.1 Å². The van der Waals surface area contributed by atoms with Gasteiger partial charge >= 0.3 is 7.60 Å². The van der Waals surface area contributed by atoms with Gasteiger partial charge in [0.05, 0.1) is 13.2 Å². The predicted molar refractivity (Wildman–Crippen MR) is 91.3 cm³/mol. The van der Waals surface area contributed by atoms with E-state index in [1.54, 1.807) is 0 Å². The van der Waals surface area contributed by atoms with Crippen molar-refractivity contribution in [2.75, 3.05) is 13.2 Å². The second-order valence-electron chi connectivity index (χ2n) is 7.25. The summed E-state index contributed by atoms with van der Waals surface area (Å²) in [5.41, 5.74) is 2.91. The summed E-state index contributed by atoms with van der Waals surface area (Å²) in [4.78, 5) is 0. The number of fused-ring (bicyclic) bond motifs is 3. The first kappa shape index (κ1) is 17.7. The number of hydrogen-bond acceptors (Lipinski definition) is 4. The molecule has 0 spiro atoms. The van der Waals surface area contributed by atoms with Gasteiger partial charge < -0.3 is 14.2 Å². The van der Waals surface area contributed by atoms with Crippen LogP contribution in [-0.2, 0) is 13.6 Å². The fourth-order valence-corrected chi connectivity index (χ4v) is 7.96. The largest absolute Gasteiger partial charge is 0.377 e. The summed E-state index contributed by atoms with van der Waals surface area (Å²) in [6.07, 6.45) is 7.52. The van der Waals surface area contributed by atoms with Crippen molar-refractivity contribution >= 4 is 7.60 Å². The van der Waals surface area contributed by atoms with Crippen molar-refractivity contribution in [1.82, 2.24) is 0 Å². The van der Waals surface area contributed by atoms with Gasteiger partial charge in [0.1, 0.15) is 0 Å². The molecule has 1 fully saturated rings. The Morgan fingerprint density at radius 1 is 1.09 bits per heavy atom. The molecule has 0 heterocycles. The number of aliphatic hydroxyl groups is 1. The zero-order chi connectivity index (χ0) is 16.7. The topological polar surface area (TPSA) is 55.8 Å². The molecule has 0 radical (unpaired) electrons. The quantitative estimate of drug-likeness (QED) is 0.571. The van der Waals surface area contributed by atoms with E-state index in [1.165, 1.54) is 24.0 Å². The fourth-order valence-electron chi connectivity index (χ4n) is 5.36. The monoisotopic (exact) mass is 342 g/mol. The van der Waals surface area contributed by atoms with Crippen LogP contribution in [0.15, 0.2) is 11.1 Å². The molecule has 132 valence electrons. The predicted octanol–water partition coefficient (Wildman–Crippen LogP) is 4.88. The van der Waals surface area contributed by atoms with Gasteiger partial charge in [-0.25, -0.2) is 0 Å². The molecule has 4 unspecified atom stereocenters. The van der Waals surface area contributed by atoms with E-state index in [9.17, 15) is 9.67 Å². The van der Waals surface area contributed by atoms with Gasteiger partial charge in [0.15, 0.2) is 5.34 Å². The highest BCUT2D eigenvalue weighted by Gasteiger charge is 2.65. The molecule has 2 bridgehead atoms. The molecule has 4 nitrogen and oxygen atoms in total. The zero-order valence-electron chi connectivity index (χ0n) is 14.7. The molecule has 0 aromatic heterocycles. The molecule has 4 atom stereocenters. The number of allylic oxidation sites excluding steroid dienone is 1. The molecule has 0 aromatic carbocycles. The molecule has 0 aromatic rings. The Hall–Kier alpha value is -0.150. The first-order valence-electron chi connectivity index (χ1n) is 9.33. The molecule has 0 aliphatic heterocycles. The summed E-state index contributed by atoms with van der Waals surface area (Å²) >= 11 is 0. The van der Waals surface area contributed by atoms with Crippen LogP contribution >= 0.6 is 7.60 Å². The van der Waals surface area contributed by atoms with Gasteiger partial charge in [-0.3, -0.25) is 4.57 Å². The summed E-state index contributed by atoms with van der Waals surface area (Å²) < 4.78 is 24.9.